The van der Waals surface area contributed by atoms with Gasteiger partial charge in [0, 0.05) is 27.2 Å². The Kier molecular flexibility index (Phi) is 2.98. The Morgan fingerprint density at radius 3 is 2.80 bits per heavy atom. The molecule has 0 aromatic heterocycles. The number of morpholine rings is 1. The van der Waals surface area contributed by atoms with Gasteiger partial charge in [0.05, 0.1) is 18.1 Å². The molecule has 0 aromatic carbocycles. The molecule has 2 bridgehead atoms. The lowest BCUT2D eigenvalue weighted by Gasteiger charge is -2.32. The molecule has 2 saturated heterocycles. The van der Waals surface area contributed by atoms with Crippen molar-refractivity contribution >= 4 is 5.91 Å². The molecule has 0 saturated carbocycles. The topological polar surface area (TPSA) is 32.8 Å². The maximum absolute atomic E-state index is 11.9. The highest BCUT2D eigenvalue weighted by Gasteiger charge is 2.44. The minimum absolute atomic E-state index is 0.0848. The standard InChI is InChI=1S/C11H20N2O2/c1-4-13-6-8-5-9(10(7-13)15-8)11(14)12(2)3/h8-10H,4-7H2,1-3H3/t8-,9+,10-/m1/s1. The number of rotatable bonds is 2. The van der Waals surface area contributed by atoms with Crippen LogP contribution in [0.1, 0.15) is 13.3 Å². The number of nitrogens with zero attached hydrogens (tertiary/aromatic N) is 2. The summed E-state index contributed by atoms with van der Waals surface area (Å²) in [6, 6.07) is 0. The molecule has 4 heteroatoms. The first kappa shape index (κ1) is 10.9. The molecule has 3 atom stereocenters. The van der Waals surface area contributed by atoms with Crippen LogP contribution in [-0.2, 0) is 9.53 Å². The van der Waals surface area contributed by atoms with Crippen molar-refractivity contribution in [3.05, 3.63) is 0 Å². The van der Waals surface area contributed by atoms with E-state index < -0.39 is 0 Å². The molecule has 0 unspecified atom stereocenters. The minimum atomic E-state index is 0.0848. The highest BCUT2D eigenvalue weighted by Crippen LogP contribution is 2.32. The Balaban J connectivity index is 2.03. The van der Waals surface area contributed by atoms with Crippen LogP contribution < -0.4 is 0 Å². The Morgan fingerprint density at radius 2 is 2.20 bits per heavy atom. The van der Waals surface area contributed by atoms with Crippen LogP contribution in [0.3, 0.4) is 0 Å². The molecule has 2 aliphatic rings. The van der Waals surface area contributed by atoms with E-state index in [1.165, 1.54) is 0 Å². The van der Waals surface area contributed by atoms with Gasteiger partial charge >= 0.3 is 0 Å². The van der Waals surface area contributed by atoms with Gasteiger partial charge in [0.1, 0.15) is 0 Å². The van der Waals surface area contributed by atoms with E-state index in [0.717, 1.165) is 26.1 Å². The third-order valence-electron chi connectivity index (χ3n) is 3.44. The SMILES string of the molecule is CCN1C[C@H]2C[C@H](C(=O)N(C)C)[C@@H](C1)O2. The molecule has 0 aromatic rings. The highest BCUT2D eigenvalue weighted by molar-refractivity contribution is 5.79. The Labute approximate surface area is 91.2 Å². The number of ether oxygens (including phenoxy) is 1. The van der Waals surface area contributed by atoms with Crippen LogP contribution >= 0.6 is 0 Å². The quantitative estimate of drug-likeness (QED) is 0.655. The van der Waals surface area contributed by atoms with Gasteiger partial charge in [-0.3, -0.25) is 9.69 Å². The van der Waals surface area contributed by atoms with Gasteiger partial charge in [-0.2, -0.15) is 0 Å². The van der Waals surface area contributed by atoms with Gasteiger partial charge in [-0.15, -0.1) is 0 Å². The lowest BCUT2D eigenvalue weighted by Crippen LogP contribution is -2.45. The van der Waals surface area contributed by atoms with E-state index in [4.69, 9.17) is 4.74 Å². The number of likely N-dealkylation sites (N-methyl/N-ethyl adjacent to an activating group) is 1. The zero-order valence-corrected chi connectivity index (χ0v) is 9.77. The molecule has 0 N–H and O–H groups in total. The first-order chi connectivity index (χ1) is 7.11. The minimum Gasteiger partial charge on any atom is -0.371 e. The van der Waals surface area contributed by atoms with Crippen molar-refractivity contribution in [2.75, 3.05) is 33.7 Å². The van der Waals surface area contributed by atoms with Crippen LogP contribution in [0.25, 0.3) is 0 Å². The number of hydrogen-bond donors (Lipinski definition) is 0. The van der Waals surface area contributed by atoms with E-state index in [9.17, 15) is 4.79 Å². The second-order valence-electron chi connectivity index (χ2n) is 4.72. The Hall–Kier alpha value is -0.610. The predicted molar refractivity (Wildman–Crippen MR) is 57.6 cm³/mol. The van der Waals surface area contributed by atoms with Gasteiger partial charge in [-0.05, 0) is 13.0 Å². The van der Waals surface area contributed by atoms with Crippen LogP contribution in [0, 0.1) is 5.92 Å². The lowest BCUT2D eigenvalue weighted by atomic mass is 9.99. The van der Waals surface area contributed by atoms with Crippen LogP contribution in [-0.4, -0.2) is 61.6 Å². The maximum atomic E-state index is 11.9. The lowest BCUT2D eigenvalue weighted by molar-refractivity contribution is -0.135. The zero-order valence-electron chi connectivity index (χ0n) is 9.77. The highest BCUT2D eigenvalue weighted by atomic mass is 16.5. The summed E-state index contributed by atoms with van der Waals surface area (Å²) in [7, 11) is 3.64. The van der Waals surface area contributed by atoms with Gasteiger partial charge in [-0.1, -0.05) is 6.92 Å². The molecule has 0 aliphatic carbocycles. The van der Waals surface area contributed by atoms with Gasteiger partial charge < -0.3 is 9.64 Å². The molecule has 0 spiro atoms. The molecule has 2 rings (SSSR count). The second-order valence-corrected chi connectivity index (χ2v) is 4.72. The summed E-state index contributed by atoms with van der Waals surface area (Å²) >= 11 is 0. The molecule has 2 heterocycles. The third-order valence-corrected chi connectivity index (χ3v) is 3.44. The van der Waals surface area contributed by atoms with Gasteiger partial charge in [0.25, 0.3) is 0 Å². The molecular weight excluding hydrogens is 192 g/mol. The molecule has 2 fully saturated rings. The van der Waals surface area contributed by atoms with E-state index in [1.807, 2.05) is 14.1 Å². The van der Waals surface area contributed by atoms with Crippen molar-refractivity contribution in [3.8, 4) is 0 Å². The van der Waals surface area contributed by atoms with Crippen molar-refractivity contribution in [1.82, 2.24) is 9.80 Å². The zero-order chi connectivity index (χ0) is 11.0. The average Bonchev–Trinajstić information content (AvgIpc) is 2.52. The normalized spacial score (nSPS) is 35.5. The molecule has 4 nitrogen and oxygen atoms in total. The summed E-state index contributed by atoms with van der Waals surface area (Å²) < 4.78 is 5.82. The summed E-state index contributed by atoms with van der Waals surface area (Å²) in [6.07, 6.45) is 1.30. The monoisotopic (exact) mass is 212 g/mol. The summed E-state index contributed by atoms with van der Waals surface area (Å²) in [5.41, 5.74) is 0. The number of likely N-dealkylation sites (tertiary alicyclic amines) is 1. The van der Waals surface area contributed by atoms with Crippen LogP contribution in [0.5, 0.6) is 0 Å². The van der Waals surface area contributed by atoms with Gasteiger partial charge in [-0.25, -0.2) is 0 Å². The number of hydrogen-bond acceptors (Lipinski definition) is 3. The first-order valence-corrected chi connectivity index (χ1v) is 5.70. The summed E-state index contributed by atoms with van der Waals surface area (Å²) in [4.78, 5) is 16.0. The fraction of sp³-hybridized carbons (Fsp3) is 0.909. The van der Waals surface area contributed by atoms with Crippen molar-refractivity contribution in [3.63, 3.8) is 0 Å². The molecule has 0 radical (unpaired) electrons. The van der Waals surface area contributed by atoms with Crippen LogP contribution in [0.15, 0.2) is 0 Å². The second kappa shape index (κ2) is 4.10. The molecular formula is C11H20N2O2. The van der Waals surface area contributed by atoms with Crippen molar-refractivity contribution in [2.24, 2.45) is 5.92 Å². The number of carbonyl (C=O) groups excluding carboxylic acids is 1. The fourth-order valence-corrected chi connectivity index (χ4v) is 2.59. The number of carbonyl (C=O) groups is 1. The van der Waals surface area contributed by atoms with E-state index in [-0.39, 0.29) is 24.0 Å². The van der Waals surface area contributed by atoms with Crippen molar-refractivity contribution in [2.45, 2.75) is 25.6 Å². The summed E-state index contributed by atoms with van der Waals surface area (Å²) in [5, 5.41) is 0. The largest absolute Gasteiger partial charge is 0.371 e. The Morgan fingerprint density at radius 1 is 1.47 bits per heavy atom. The fourth-order valence-electron chi connectivity index (χ4n) is 2.59. The summed E-state index contributed by atoms with van der Waals surface area (Å²) in [6.45, 7) is 5.12. The number of amides is 1. The first-order valence-electron chi connectivity index (χ1n) is 5.70. The Bertz CT molecular complexity index is 255. The van der Waals surface area contributed by atoms with Gasteiger partial charge in [0.2, 0.25) is 5.91 Å². The molecule has 1 amide bonds. The third kappa shape index (κ3) is 2.01. The average molecular weight is 212 g/mol. The van der Waals surface area contributed by atoms with E-state index >= 15 is 0 Å². The van der Waals surface area contributed by atoms with Gasteiger partial charge in [0.15, 0.2) is 0 Å². The summed E-state index contributed by atoms with van der Waals surface area (Å²) in [5.74, 6) is 0.307. The van der Waals surface area contributed by atoms with Crippen molar-refractivity contribution in [1.29, 1.82) is 0 Å². The molecule has 86 valence electrons. The van der Waals surface area contributed by atoms with Crippen molar-refractivity contribution < 1.29 is 9.53 Å². The van der Waals surface area contributed by atoms with Crippen LogP contribution in [0.4, 0.5) is 0 Å². The predicted octanol–water partition coefficient (Wildman–Crippen LogP) is 0.184. The maximum Gasteiger partial charge on any atom is 0.227 e. The van der Waals surface area contributed by atoms with E-state index in [2.05, 4.69) is 11.8 Å². The van der Waals surface area contributed by atoms with E-state index in [0.29, 0.717) is 0 Å². The smallest absolute Gasteiger partial charge is 0.227 e. The van der Waals surface area contributed by atoms with Crippen LogP contribution in [0.2, 0.25) is 0 Å². The molecule has 15 heavy (non-hydrogen) atoms. The number of fused-ring (bicyclic) bond motifs is 2. The van der Waals surface area contributed by atoms with E-state index in [1.54, 1.807) is 4.90 Å². The molecule has 2 aliphatic heterocycles.